The quantitative estimate of drug-likeness (QED) is 0.472. The molecule has 1 atom stereocenters. The van der Waals surface area contributed by atoms with Crippen LogP contribution in [0.15, 0.2) is 18.7 Å². The molecule has 13 heavy (non-hydrogen) atoms. The fraction of sp³-hybridized carbons (Fsp3) is 0.500. The Hall–Kier alpha value is -0.320. The van der Waals surface area contributed by atoms with Gasteiger partial charge in [0.2, 0.25) is 0 Å². The zero-order chi connectivity index (χ0) is 9.14. The summed E-state index contributed by atoms with van der Waals surface area (Å²) in [5, 5.41) is 10.7. The number of hydrogen-bond donors (Lipinski definition) is 0. The number of rotatable bonds is 3. The van der Waals surface area contributed by atoms with E-state index < -0.39 is 12.0 Å². The second kappa shape index (κ2) is 5.42. The summed E-state index contributed by atoms with van der Waals surface area (Å²) in [7, 11) is 0. The Bertz CT molecular complexity index is 259. The molecule has 0 bridgehead atoms. The van der Waals surface area contributed by atoms with E-state index in [0.29, 0.717) is 0 Å². The van der Waals surface area contributed by atoms with Crippen molar-refractivity contribution in [2.45, 2.75) is 19.9 Å². The summed E-state index contributed by atoms with van der Waals surface area (Å²) in [6.07, 6.45) is 4.67. The van der Waals surface area contributed by atoms with Gasteiger partial charge < -0.3 is 14.5 Å². The second-order valence-electron chi connectivity index (χ2n) is 3.02. The van der Waals surface area contributed by atoms with E-state index in [9.17, 15) is 9.90 Å². The molecule has 0 aliphatic heterocycles. The molecule has 0 unspecified atom stereocenters. The molecule has 1 heterocycles. The molecule has 0 aliphatic rings. The van der Waals surface area contributed by atoms with Crippen molar-refractivity contribution in [2.24, 2.45) is 5.92 Å². The Morgan fingerprint density at radius 2 is 2.15 bits per heavy atom. The number of carbonyl (C=O) groups excluding carboxylic acids is 1. The van der Waals surface area contributed by atoms with Gasteiger partial charge in [-0.25, -0.2) is 4.98 Å². The first-order valence-corrected chi connectivity index (χ1v) is 3.81. The van der Waals surface area contributed by atoms with Crippen LogP contribution in [0.5, 0.6) is 0 Å². The van der Waals surface area contributed by atoms with Gasteiger partial charge in [-0.3, -0.25) is 0 Å². The Balaban J connectivity index is 0.00000144. The van der Waals surface area contributed by atoms with Gasteiger partial charge in [-0.05, 0) is 5.92 Å². The van der Waals surface area contributed by atoms with Crippen molar-refractivity contribution in [2.75, 3.05) is 0 Å². The fourth-order valence-electron chi connectivity index (χ4n) is 1.17. The number of carboxylic acids is 1. The molecule has 0 spiro atoms. The number of aromatic nitrogens is 2. The Morgan fingerprint density at radius 3 is 2.46 bits per heavy atom. The SMILES string of the molecule is CC(C)[C@@H](C(=O)[O-])n1ccnc1.[Na+]. The molecule has 66 valence electrons. The predicted molar refractivity (Wildman–Crippen MR) is 41.1 cm³/mol. The zero-order valence-electron chi connectivity index (χ0n) is 8.10. The number of carboxylic acid groups (broad SMARTS) is 1. The van der Waals surface area contributed by atoms with Crippen molar-refractivity contribution in [3.8, 4) is 0 Å². The molecule has 0 N–H and O–H groups in total. The van der Waals surface area contributed by atoms with E-state index in [1.165, 1.54) is 6.33 Å². The molecule has 5 heteroatoms. The van der Waals surface area contributed by atoms with Crippen molar-refractivity contribution in [1.29, 1.82) is 0 Å². The van der Waals surface area contributed by atoms with Crippen LogP contribution in [0.4, 0.5) is 0 Å². The first kappa shape index (κ1) is 12.7. The van der Waals surface area contributed by atoms with Crippen molar-refractivity contribution < 1.29 is 39.5 Å². The molecule has 0 fully saturated rings. The van der Waals surface area contributed by atoms with Crippen LogP contribution >= 0.6 is 0 Å². The summed E-state index contributed by atoms with van der Waals surface area (Å²) in [6, 6.07) is -0.618. The molecule has 0 saturated carbocycles. The summed E-state index contributed by atoms with van der Waals surface area (Å²) in [6.45, 7) is 3.67. The van der Waals surface area contributed by atoms with Crippen molar-refractivity contribution >= 4 is 5.97 Å². The smallest absolute Gasteiger partial charge is 0.548 e. The van der Waals surface area contributed by atoms with Crippen LogP contribution in [-0.2, 0) is 4.79 Å². The van der Waals surface area contributed by atoms with E-state index in [-0.39, 0.29) is 35.5 Å². The first-order valence-electron chi connectivity index (χ1n) is 3.81. The first-order chi connectivity index (χ1) is 5.63. The molecular formula is C8H11N2NaO2. The second-order valence-corrected chi connectivity index (χ2v) is 3.02. The van der Waals surface area contributed by atoms with E-state index in [2.05, 4.69) is 4.98 Å². The zero-order valence-corrected chi connectivity index (χ0v) is 10.1. The summed E-state index contributed by atoms with van der Waals surface area (Å²) < 4.78 is 1.54. The van der Waals surface area contributed by atoms with Gasteiger partial charge in [-0.1, -0.05) is 13.8 Å². The molecule has 1 aromatic rings. The van der Waals surface area contributed by atoms with Crippen molar-refractivity contribution in [3.63, 3.8) is 0 Å². The molecule has 0 amide bonds. The van der Waals surface area contributed by atoms with Gasteiger partial charge in [0.1, 0.15) is 0 Å². The summed E-state index contributed by atoms with van der Waals surface area (Å²) in [4.78, 5) is 14.5. The minimum Gasteiger partial charge on any atom is -0.548 e. The molecule has 0 aromatic carbocycles. The average Bonchev–Trinajstić information content (AvgIpc) is 2.37. The van der Waals surface area contributed by atoms with Crippen LogP contribution in [-0.4, -0.2) is 15.5 Å². The fourth-order valence-corrected chi connectivity index (χ4v) is 1.17. The largest absolute Gasteiger partial charge is 1.00 e. The predicted octanol–water partition coefficient (Wildman–Crippen LogP) is -3.17. The molecule has 0 radical (unpaired) electrons. The third kappa shape index (κ3) is 3.14. The van der Waals surface area contributed by atoms with Crippen LogP contribution in [0.1, 0.15) is 19.9 Å². The third-order valence-corrected chi connectivity index (χ3v) is 1.72. The van der Waals surface area contributed by atoms with Crippen molar-refractivity contribution in [3.05, 3.63) is 18.7 Å². The topological polar surface area (TPSA) is 57.9 Å². The molecule has 0 saturated heterocycles. The van der Waals surface area contributed by atoms with E-state index in [0.717, 1.165) is 0 Å². The Labute approximate surface area is 99.3 Å². The molecule has 0 aliphatic carbocycles. The normalized spacial score (nSPS) is 12.2. The molecule has 1 aromatic heterocycles. The maximum absolute atomic E-state index is 10.7. The van der Waals surface area contributed by atoms with Crippen LogP contribution < -0.4 is 34.7 Å². The van der Waals surface area contributed by atoms with Gasteiger partial charge in [0, 0.05) is 12.4 Å². The Kier molecular flexibility index (Phi) is 5.29. The van der Waals surface area contributed by atoms with Gasteiger partial charge in [-0.2, -0.15) is 0 Å². The summed E-state index contributed by atoms with van der Waals surface area (Å²) >= 11 is 0. The average molecular weight is 190 g/mol. The number of carbonyl (C=O) groups is 1. The minimum atomic E-state index is -1.07. The molecule has 4 nitrogen and oxygen atoms in total. The van der Waals surface area contributed by atoms with Gasteiger partial charge in [0.15, 0.2) is 0 Å². The van der Waals surface area contributed by atoms with Crippen LogP contribution in [0, 0.1) is 5.92 Å². The van der Waals surface area contributed by atoms with E-state index in [1.807, 2.05) is 13.8 Å². The summed E-state index contributed by atoms with van der Waals surface area (Å²) in [5.74, 6) is -1.06. The van der Waals surface area contributed by atoms with Crippen molar-refractivity contribution in [1.82, 2.24) is 9.55 Å². The molecular weight excluding hydrogens is 179 g/mol. The van der Waals surface area contributed by atoms with Crippen LogP contribution in [0.2, 0.25) is 0 Å². The Morgan fingerprint density at radius 1 is 1.54 bits per heavy atom. The number of hydrogen-bond acceptors (Lipinski definition) is 3. The maximum Gasteiger partial charge on any atom is 1.00 e. The van der Waals surface area contributed by atoms with Crippen LogP contribution in [0.25, 0.3) is 0 Å². The van der Waals surface area contributed by atoms with Gasteiger partial charge in [-0.15, -0.1) is 0 Å². The monoisotopic (exact) mass is 190 g/mol. The van der Waals surface area contributed by atoms with E-state index in [4.69, 9.17) is 0 Å². The third-order valence-electron chi connectivity index (χ3n) is 1.72. The number of imidazole rings is 1. The van der Waals surface area contributed by atoms with Crippen LogP contribution in [0.3, 0.4) is 0 Å². The van der Waals surface area contributed by atoms with E-state index in [1.54, 1.807) is 17.0 Å². The minimum absolute atomic E-state index is 0. The standard InChI is InChI=1S/C8H12N2O2.Na/c1-6(2)7(8(11)12)10-4-3-9-5-10;/h3-7H,1-2H3,(H,11,12);/q;+1/p-1/t7-;/m0./s1. The van der Waals surface area contributed by atoms with Gasteiger partial charge >= 0.3 is 29.6 Å². The summed E-state index contributed by atoms with van der Waals surface area (Å²) in [5.41, 5.74) is 0. The number of aliphatic carboxylic acids is 1. The van der Waals surface area contributed by atoms with Gasteiger partial charge in [0.05, 0.1) is 18.3 Å². The number of nitrogens with zero attached hydrogens (tertiary/aromatic N) is 2. The van der Waals surface area contributed by atoms with E-state index >= 15 is 0 Å². The molecule has 1 rings (SSSR count). The maximum atomic E-state index is 10.7. The van der Waals surface area contributed by atoms with Gasteiger partial charge in [0.25, 0.3) is 0 Å².